The number of nitrogens with zero attached hydrogens (tertiary/aromatic N) is 1. The largest absolute Gasteiger partial charge is 0.493 e. The van der Waals surface area contributed by atoms with E-state index in [4.69, 9.17) is 13.9 Å². The van der Waals surface area contributed by atoms with Crippen molar-refractivity contribution in [2.24, 2.45) is 0 Å². The minimum absolute atomic E-state index is 0.0158. The van der Waals surface area contributed by atoms with Gasteiger partial charge >= 0.3 is 0 Å². The number of ether oxygens (including phenoxy) is 2. The topological polar surface area (TPSA) is 98.1 Å². The number of amides is 1. The van der Waals surface area contributed by atoms with Crippen LogP contribution in [0.25, 0.3) is 0 Å². The number of carbonyl (C=O) groups is 1. The van der Waals surface area contributed by atoms with E-state index >= 15 is 0 Å². The van der Waals surface area contributed by atoms with Crippen LogP contribution < -0.4 is 14.8 Å². The van der Waals surface area contributed by atoms with Crippen molar-refractivity contribution in [3.05, 3.63) is 78.3 Å². The van der Waals surface area contributed by atoms with Gasteiger partial charge in [0.25, 0.3) is 0 Å². The molecule has 0 unspecified atom stereocenters. The van der Waals surface area contributed by atoms with Crippen molar-refractivity contribution in [3.8, 4) is 11.5 Å². The lowest BCUT2D eigenvalue weighted by atomic mass is 10.1. The van der Waals surface area contributed by atoms with Gasteiger partial charge in [0, 0.05) is 12.6 Å². The van der Waals surface area contributed by atoms with E-state index < -0.39 is 15.9 Å². The maximum Gasteiger partial charge on any atom is 0.243 e. The Kier molecular flexibility index (Phi) is 7.91. The number of nitrogens with one attached hydrogen (secondary N) is 1. The van der Waals surface area contributed by atoms with Crippen molar-refractivity contribution in [2.75, 3.05) is 27.3 Å². The van der Waals surface area contributed by atoms with Gasteiger partial charge in [0.05, 0.1) is 38.5 Å². The fraction of sp³-hybridized carbons (Fsp3) is 0.261. The van der Waals surface area contributed by atoms with E-state index in [1.54, 1.807) is 12.1 Å². The second kappa shape index (κ2) is 10.8. The van der Waals surface area contributed by atoms with E-state index in [-0.39, 0.29) is 24.5 Å². The molecule has 3 aromatic rings. The number of sulfonamides is 1. The van der Waals surface area contributed by atoms with Crippen LogP contribution in [0.1, 0.15) is 11.3 Å². The van der Waals surface area contributed by atoms with Gasteiger partial charge in [-0.05, 0) is 36.2 Å². The van der Waals surface area contributed by atoms with E-state index in [9.17, 15) is 13.2 Å². The van der Waals surface area contributed by atoms with Crippen LogP contribution >= 0.6 is 0 Å². The smallest absolute Gasteiger partial charge is 0.243 e. The molecule has 32 heavy (non-hydrogen) atoms. The first-order chi connectivity index (χ1) is 15.4. The Labute approximate surface area is 187 Å². The average molecular weight is 459 g/mol. The number of furan rings is 1. The van der Waals surface area contributed by atoms with E-state index in [1.807, 2.05) is 30.3 Å². The summed E-state index contributed by atoms with van der Waals surface area (Å²) in [5, 5.41) is 2.69. The lowest BCUT2D eigenvalue weighted by molar-refractivity contribution is -0.121. The van der Waals surface area contributed by atoms with Crippen LogP contribution in [0, 0.1) is 0 Å². The molecule has 1 heterocycles. The first kappa shape index (κ1) is 23.4. The summed E-state index contributed by atoms with van der Waals surface area (Å²) in [6, 6.07) is 17.3. The molecule has 1 amide bonds. The predicted molar refractivity (Wildman–Crippen MR) is 119 cm³/mol. The summed E-state index contributed by atoms with van der Waals surface area (Å²) < 4.78 is 43.7. The number of hydrogen-bond donors (Lipinski definition) is 1. The third-order valence-electron chi connectivity index (χ3n) is 4.85. The normalized spacial score (nSPS) is 11.3. The van der Waals surface area contributed by atoms with E-state index in [0.29, 0.717) is 23.7 Å². The molecular weight excluding hydrogens is 432 g/mol. The predicted octanol–water partition coefficient (Wildman–Crippen LogP) is 2.85. The third-order valence-corrected chi connectivity index (χ3v) is 6.69. The van der Waals surface area contributed by atoms with Gasteiger partial charge in [-0.25, -0.2) is 8.42 Å². The van der Waals surface area contributed by atoms with Crippen molar-refractivity contribution >= 4 is 15.9 Å². The summed E-state index contributed by atoms with van der Waals surface area (Å²) in [6.07, 6.45) is 1.97. The Balaban J connectivity index is 1.81. The summed E-state index contributed by atoms with van der Waals surface area (Å²) in [4.78, 5) is 12.6. The Morgan fingerprint density at radius 2 is 1.75 bits per heavy atom. The molecule has 0 atom stereocenters. The maximum absolute atomic E-state index is 13.4. The maximum atomic E-state index is 13.4. The number of rotatable bonds is 11. The highest BCUT2D eigenvalue weighted by atomic mass is 32.2. The molecule has 1 N–H and O–H groups in total. The molecule has 0 radical (unpaired) electrons. The van der Waals surface area contributed by atoms with Gasteiger partial charge in [-0.3, -0.25) is 4.79 Å². The molecular formula is C23H26N2O6S. The third kappa shape index (κ3) is 5.89. The molecule has 9 heteroatoms. The minimum atomic E-state index is -3.98. The fourth-order valence-electron chi connectivity index (χ4n) is 3.12. The van der Waals surface area contributed by atoms with Gasteiger partial charge < -0.3 is 19.2 Å². The van der Waals surface area contributed by atoms with Gasteiger partial charge in [-0.15, -0.1) is 0 Å². The average Bonchev–Trinajstić information content (AvgIpc) is 3.34. The van der Waals surface area contributed by atoms with Crippen LogP contribution in [-0.2, 0) is 27.8 Å². The summed E-state index contributed by atoms with van der Waals surface area (Å²) >= 11 is 0. The first-order valence-electron chi connectivity index (χ1n) is 9.99. The van der Waals surface area contributed by atoms with Crippen LogP contribution in [0.5, 0.6) is 11.5 Å². The van der Waals surface area contributed by atoms with Crippen molar-refractivity contribution in [2.45, 2.75) is 17.9 Å². The lowest BCUT2D eigenvalue weighted by Gasteiger charge is -2.22. The van der Waals surface area contributed by atoms with Gasteiger partial charge in [0.1, 0.15) is 5.76 Å². The van der Waals surface area contributed by atoms with E-state index in [1.165, 1.54) is 43.0 Å². The second-order valence-corrected chi connectivity index (χ2v) is 8.89. The highest BCUT2D eigenvalue weighted by Gasteiger charge is 2.27. The molecule has 0 spiro atoms. The first-order valence-corrected chi connectivity index (χ1v) is 11.4. The van der Waals surface area contributed by atoms with Crippen molar-refractivity contribution in [1.82, 2.24) is 9.62 Å². The number of benzene rings is 2. The highest BCUT2D eigenvalue weighted by molar-refractivity contribution is 7.89. The molecule has 0 fully saturated rings. The van der Waals surface area contributed by atoms with Crippen LogP contribution in [-0.4, -0.2) is 45.9 Å². The van der Waals surface area contributed by atoms with E-state index in [0.717, 1.165) is 5.56 Å². The van der Waals surface area contributed by atoms with Gasteiger partial charge in [-0.1, -0.05) is 30.3 Å². The second-order valence-electron chi connectivity index (χ2n) is 6.95. The lowest BCUT2D eigenvalue weighted by Crippen LogP contribution is -2.41. The SMILES string of the molecule is COc1ccc(S(=O)(=O)N(CCc2ccccc2)CC(=O)NCc2ccco2)cc1OC. The Morgan fingerprint density at radius 3 is 2.41 bits per heavy atom. The van der Waals surface area contributed by atoms with Crippen LogP contribution in [0.4, 0.5) is 0 Å². The molecule has 0 aliphatic carbocycles. The molecule has 0 aliphatic rings. The van der Waals surface area contributed by atoms with Crippen LogP contribution in [0.3, 0.4) is 0 Å². The molecule has 3 rings (SSSR count). The fourth-order valence-corrected chi connectivity index (χ4v) is 4.54. The number of methoxy groups -OCH3 is 2. The van der Waals surface area contributed by atoms with Crippen LogP contribution in [0.15, 0.2) is 76.2 Å². The summed E-state index contributed by atoms with van der Waals surface area (Å²) in [7, 11) is -1.07. The molecule has 0 saturated heterocycles. The summed E-state index contributed by atoms with van der Waals surface area (Å²) in [5.41, 5.74) is 0.969. The van der Waals surface area contributed by atoms with Gasteiger partial charge in [0.15, 0.2) is 11.5 Å². The monoisotopic (exact) mass is 458 g/mol. The van der Waals surface area contributed by atoms with Crippen molar-refractivity contribution in [3.63, 3.8) is 0 Å². The van der Waals surface area contributed by atoms with Crippen molar-refractivity contribution in [1.29, 1.82) is 0 Å². The molecule has 2 aromatic carbocycles. The standard InChI is InChI=1S/C23H26N2O6S/c1-29-21-11-10-20(15-22(21)30-2)32(27,28)25(13-12-18-7-4-3-5-8-18)17-23(26)24-16-19-9-6-14-31-19/h3-11,14-15H,12-13,16-17H2,1-2H3,(H,24,26). The summed E-state index contributed by atoms with van der Waals surface area (Å²) in [5.74, 6) is 0.854. The Bertz CT molecular complexity index is 1110. The quantitative estimate of drug-likeness (QED) is 0.475. The van der Waals surface area contributed by atoms with Gasteiger partial charge in [0.2, 0.25) is 15.9 Å². The van der Waals surface area contributed by atoms with Crippen LogP contribution in [0.2, 0.25) is 0 Å². The minimum Gasteiger partial charge on any atom is -0.493 e. The molecule has 0 aliphatic heterocycles. The number of hydrogen-bond acceptors (Lipinski definition) is 6. The number of carbonyl (C=O) groups excluding carboxylic acids is 1. The molecule has 0 saturated carbocycles. The summed E-state index contributed by atoms with van der Waals surface area (Å²) in [6.45, 7) is -0.0200. The Morgan fingerprint density at radius 1 is 1.00 bits per heavy atom. The molecule has 1 aromatic heterocycles. The highest BCUT2D eigenvalue weighted by Crippen LogP contribution is 2.30. The zero-order valence-corrected chi connectivity index (χ0v) is 18.8. The Hall–Kier alpha value is -3.30. The van der Waals surface area contributed by atoms with E-state index in [2.05, 4.69) is 5.32 Å². The molecule has 170 valence electrons. The van der Waals surface area contributed by atoms with Gasteiger partial charge in [-0.2, -0.15) is 4.31 Å². The zero-order chi connectivity index (χ0) is 23.0. The molecule has 8 nitrogen and oxygen atoms in total. The zero-order valence-electron chi connectivity index (χ0n) is 18.0. The van der Waals surface area contributed by atoms with Crippen molar-refractivity contribution < 1.29 is 27.1 Å². The molecule has 0 bridgehead atoms.